The van der Waals surface area contributed by atoms with Crippen LogP contribution in [0, 0.1) is 0 Å². The van der Waals surface area contributed by atoms with Crippen molar-refractivity contribution < 1.29 is 48.6 Å². The largest absolute Gasteiger partial charge is 1.00 e. The van der Waals surface area contributed by atoms with Crippen molar-refractivity contribution in [3.8, 4) is 0 Å². The second kappa shape index (κ2) is 24.6. The van der Waals surface area contributed by atoms with Crippen molar-refractivity contribution in [3.05, 3.63) is 0 Å². The quantitative estimate of drug-likeness (QED) is 0.227. The van der Waals surface area contributed by atoms with E-state index in [0.717, 1.165) is 0 Å². The summed E-state index contributed by atoms with van der Waals surface area (Å²) in [6.07, 6.45) is 0. The number of carbonyl (C=O) groups excluding carboxylic acids is 2. The molecule has 48 valence electrons. The number of rotatable bonds is 2. The fraction of sp³-hybridized carbons (Fsp3) is 0.500. The van der Waals surface area contributed by atoms with E-state index in [1.165, 1.54) is 27.2 Å². The molecule has 0 fully saturated rings. The first-order valence-corrected chi connectivity index (χ1v) is 1.65. The third-order valence-corrected chi connectivity index (χ3v) is 0.175. The molecule has 0 aromatic rings. The molecule has 5 heteroatoms. The van der Waals surface area contributed by atoms with Crippen LogP contribution in [0.3, 0.4) is 0 Å². The van der Waals surface area contributed by atoms with Gasteiger partial charge in [-0.1, -0.05) is 6.47 Å². The molecule has 0 spiro atoms. The average molecular weight is 142 g/mol. The topological polar surface area (TPSA) is 56.9 Å². The van der Waals surface area contributed by atoms with Gasteiger partial charge in [-0.25, -0.2) is 0 Å². The van der Waals surface area contributed by atoms with Crippen molar-refractivity contribution in [2.24, 2.45) is 0 Å². The molecule has 1 N–H and O–H groups in total. The molecule has 0 unspecified atom stereocenters. The Balaban J connectivity index is -0.0000000720. The van der Waals surface area contributed by atoms with Crippen LogP contribution < -0.4 is 29.6 Å². The summed E-state index contributed by atoms with van der Waals surface area (Å²) >= 11 is 0. The van der Waals surface area contributed by atoms with Crippen molar-refractivity contribution in [2.75, 3.05) is 14.2 Å². The zero-order chi connectivity index (χ0) is 6.83. The Bertz CT molecular complexity index is 48.5. The van der Waals surface area contributed by atoms with Crippen molar-refractivity contribution in [2.45, 2.75) is 0 Å². The smallest absolute Gasteiger partial charge is 0.655 e. The summed E-state index contributed by atoms with van der Waals surface area (Å²) in [7, 11) is 2.58. The fourth-order valence-electron chi connectivity index (χ4n) is 0. The number of hydrogen-bond donors (Lipinski definition) is 0. The number of methoxy groups -OCH3 is 2. The average Bonchev–Trinajstić information content (AvgIpc) is 1.88. The van der Waals surface area contributed by atoms with E-state index < -0.39 is 0 Å². The van der Waals surface area contributed by atoms with E-state index in [-0.39, 0.29) is 29.6 Å². The van der Waals surface area contributed by atoms with E-state index in [4.69, 9.17) is 9.59 Å². The van der Waals surface area contributed by atoms with Gasteiger partial charge < -0.3 is 19.1 Å². The molecule has 0 radical (unpaired) electrons. The Morgan fingerprint density at radius 3 is 1.56 bits per heavy atom. The van der Waals surface area contributed by atoms with Crippen LogP contribution in [0.15, 0.2) is 0 Å². The Morgan fingerprint density at radius 2 is 1.56 bits per heavy atom. The summed E-state index contributed by atoms with van der Waals surface area (Å²) in [6, 6.07) is 0. The standard InChI is InChI=1S/C2H4O2.C2H3O2.Na/c2*1-4-2-3;/h3H,1H3;1H3;/q;-1;+1. The summed E-state index contributed by atoms with van der Waals surface area (Å²) in [4.78, 5) is 16.2. The van der Waals surface area contributed by atoms with Gasteiger partial charge in [0.15, 0.2) is 6.47 Å². The molecule has 0 saturated carbocycles. The van der Waals surface area contributed by atoms with Crippen molar-refractivity contribution in [1.82, 2.24) is 0 Å². The van der Waals surface area contributed by atoms with Crippen LogP contribution in [0.1, 0.15) is 0 Å². The molecule has 4 nitrogen and oxygen atoms in total. The van der Waals surface area contributed by atoms with Crippen LogP contribution in [-0.2, 0) is 14.3 Å². The van der Waals surface area contributed by atoms with Gasteiger partial charge in [-0.15, -0.1) is 0 Å². The molecular formula is C4H7NaO4. The van der Waals surface area contributed by atoms with Gasteiger partial charge in [0.1, 0.15) is 7.11 Å². The minimum Gasteiger partial charge on any atom is -0.655 e. The third kappa shape index (κ3) is 74.4. The van der Waals surface area contributed by atoms with Crippen LogP contribution in [0.2, 0.25) is 0 Å². The summed E-state index contributed by atoms with van der Waals surface area (Å²) in [5, 5.41) is 0. The summed E-state index contributed by atoms with van der Waals surface area (Å²) < 4.78 is 7.58. The molecule has 0 atom stereocenters. The SMILES string of the molecule is CO[C-]=O.CO[C-]=[OH+].[Na+]. The zero-order valence-corrected chi connectivity index (χ0v) is 7.67. The minimum atomic E-state index is 0. The summed E-state index contributed by atoms with van der Waals surface area (Å²) in [6.45, 7) is 2.61. The number of ether oxygens (including phenoxy) is 2. The predicted octanol–water partition coefficient (Wildman–Crippen LogP) is -3.65. The normalized spacial score (nSPS) is 4.67. The molecule has 0 aromatic carbocycles. The molecule has 0 amide bonds. The van der Waals surface area contributed by atoms with Gasteiger partial charge in [-0.05, 0) is 0 Å². The van der Waals surface area contributed by atoms with E-state index in [1.54, 1.807) is 0 Å². The van der Waals surface area contributed by atoms with E-state index in [1.807, 2.05) is 0 Å². The summed E-state index contributed by atoms with van der Waals surface area (Å²) in [5.74, 6) is 0. The first kappa shape index (κ1) is 16.0. The minimum absolute atomic E-state index is 0. The Morgan fingerprint density at radius 1 is 1.33 bits per heavy atom. The van der Waals surface area contributed by atoms with Gasteiger partial charge in [-0.2, -0.15) is 0 Å². The van der Waals surface area contributed by atoms with Gasteiger partial charge in [0.25, 0.3) is 0 Å². The van der Waals surface area contributed by atoms with Crippen LogP contribution in [0.5, 0.6) is 0 Å². The Kier molecular flexibility index (Phi) is 43.7. The summed E-state index contributed by atoms with van der Waals surface area (Å²) in [5.41, 5.74) is 0. The molecule has 0 bridgehead atoms. The van der Waals surface area contributed by atoms with Crippen LogP contribution in [-0.4, -0.2) is 32.0 Å². The van der Waals surface area contributed by atoms with Gasteiger partial charge in [-0.3, -0.25) is 0 Å². The van der Waals surface area contributed by atoms with Crippen LogP contribution >= 0.6 is 0 Å². The van der Waals surface area contributed by atoms with E-state index in [2.05, 4.69) is 9.47 Å². The molecule has 0 saturated heterocycles. The van der Waals surface area contributed by atoms with E-state index in [9.17, 15) is 0 Å². The van der Waals surface area contributed by atoms with Gasteiger partial charge in [0, 0.05) is 7.11 Å². The monoisotopic (exact) mass is 142 g/mol. The van der Waals surface area contributed by atoms with Crippen LogP contribution in [0.4, 0.5) is 0 Å². The first-order chi connectivity index (χ1) is 3.83. The molecule has 0 aliphatic rings. The maximum absolute atomic E-state index is 8.83. The van der Waals surface area contributed by atoms with Gasteiger partial charge in [0.2, 0.25) is 0 Å². The molecular weight excluding hydrogens is 135 g/mol. The van der Waals surface area contributed by atoms with E-state index >= 15 is 0 Å². The molecule has 0 aliphatic heterocycles. The predicted molar refractivity (Wildman–Crippen MR) is 26.7 cm³/mol. The maximum atomic E-state index is 8.83. The second-order valence-electron chi connectivity index (χ2n) is 0.583. The first-order valence-electron chi connectivity index (χ1n) is 1.65. The molecule has 0 rings (SSSR count). The molecule has 9 heavy (non-hydrogen) atoms. The fourth-order valence-corrected chi connectivity index (χ4v) is 0. The maximum Gasteiger partial charge on any atom is 1.00 e. The van der Waals surface area contributed by atoms with Gasteiger partial charge in [0.05, 0.1) is 0 Å². The van der Waals surface area contributed by atoms with Gasteiger partial charge >= 0.3 is 29.6 Å². The Labute approximate surface area is 75.8 Å². The zero-order valence-electron chi connectivity index (χ0n) is 5.67. The van der Waals surface area contributed by atoms with Crippen molar-refractivity contribution in [3.63, 3.8) is 0 Å². The van der Waals surface area contributed by atoms with Crippen LogP contribution in [0.25, 0.3) is 0 Å². The molecule has 0 heterocycles. The third-order valence-electron chi connectivity index (χ3n) is 0.175. The Hall–Kier alpha value is -0.0600. The second-order valence-corrected chi connectivity index (χ2v) is 0.583. The van der Waals surface area contributed by atoms with Crippen molar-refractivity contribution >= 4 is 12.9 Å². The van der Waals surface area contributed by atoms with Crippen molar-refractivity contribution in [1.29, 1.82) is 0 Å². The number of hydrogen-bond acceptors (Lipinski definition) is 3. The molecule has 0 aliphatic carbocycles. The van der Waals surface area contributed by atoms with E-state index in [0.29, 0.717) is 0 Å². The molecule has 0 aromatic heterocycles.